The molecule has 0 spiro atoms. The van der Waals surface area contributed by atoms with Crippen LogP contribution in [0.25, 0.3) is 11.1 Å². The van der Waals surface area contributed by atoms with E-state index in [1.807, 2.05) is 50.2 Å². The zero-order chi connectivity index (χ0) is 12.3. The van der Waals surface area contributed by atoms with Crippen LogP contribution in [0.5, 0.6) is 0 Å². The second kappa shape index (κ2) is 7.98. The lowest BCUT2D eigenvalue weighted by molar-refractivity contribution is 0.602. The Morgan fingerprint density at radius 3 is 2.06 bits per heavy atom. The number of fused-ring (bicyclic) bond motifs is 1. The third kappa shape index (κ3) is 4.42. The molecular formula is C13H15N3O. The zero-order valence-electron chi connectivity index (χ0n) is 9.95. The Kier molecular flexibility index (Phi) is 6.03. The SMILES string of the molecule is CC.c1ccc2ocnc2c1.c1ccnnc1. The maximum Gasteiger partial charge on any atom is 0.181 e. The molecule has 0 N–H and O–H groups in total. The first-order chi connectivity index (χ1) is 8.47. The molecular weight excluding hydrogens is 214 g/mol. The minimum Gasteiger partial charge on any atom is -0.443 e. The Morgan fingerprint density at radius 1 is 0.882 bits per heavy atom. The average molecular weight is 229 g/mol. The van der Waals surface area contributed by atoms with E-state index in [9.17, 15) is 0 Å². The van der Waals surface area contributed by atoms with Crippen LogP contribution in [-0.2, 0) is 0 Å². The molecule has 0 aliphatic carbocycles. The highest BCUT2D eigenvalue weighted by atomic mass is 16.3. The molecule has 3 rings (SSSR count). The molecule has 17 heavy (non-hydrogen) atoms. The molecule has 0 saturated carbocycles. The monoisotopic (exact) mass is 229 g/mol. The summed E-state index contributed by atoms with van der Waals surface area (Å²) in [6.45, 7) is 4.00. The van der Waals surface area contributed by atoms with Crippen molar-refractivity contribution in [2.75, 3.05) is 0 Å². The van der Waals surface area contributed by atoms with E-state index in [1.165, 1.54) is 6.39 Å². The molecule has 0 aliphatic rings. The molecule has 4 heteroatoms. The van der Waals surface area contributed by atoms with Crippen LogP contribution in [0.2, 0.25) is 0 Å². The Labute approximate surface area is 100 Å². The summed E-state index contributed by atoms with van der Waals surface area (Å²) in [5, 5.41) is 7.07. The van der Waals surface area contributed by atoms with E-state index in [2.05, 4.69) is 15.2 Å². The fraction of sp³-hybridized carbons (Fsp3) is 0.154. The van der Waals surface area contributed by atoms with Gasteiger partial charge in [0.15, 0.2) is 12.0 Å². The van der Waals surface area contributed by atoms with Crippen molar-refractivity contribution in [1.82, 2.24) is 15.2 Å². The quantitative estimate of drug-likeness (QED) is 0.593. The highest BCUT2D eigenvalue weighted by molar-refractivity contribution is 5.71. The van der Waals surface area contributed by atoms with Crippen LogP contribution in [0.15, 0.2) is 59.6 Å². The van der Waals surface area contributed by atoms with Crippen LogP contribution in [0, 0.1) is 0 Å². The Bertz CT molecular complexity index is 451. The summed E-state index contributed by atoms with van der Waals surface area (Å²) in [7, 11) is 0. The van der Waals surface area contributed by atoms with E-state index in [0.717, 1.165) is 11.1 Å². The van der Waals surface area contributed by atoms with E-state index in [0.29, 0.717) is 0 Å². The number of para-hydroxylation sites is 2. The smallest absolute Gasteiger partial charge is 0.181 e. The van der Waals surface area contributed by atoms with Gasteiger partial charge in [0.2, 0.25) is 0 Å². The Balaban J connectivity index is 0.000000158. The number of aromatic nitrogens is 3. The fourth-order valence-electron chi connectivity index (χ4n) is 1.06. The highest BCUT2D eigenvalue weighted by Gasteiger charge is 1.91. The number of nitrogens with zero attached hydrogens (tertiary/aromatic N) is 3. The topological polar surface area (TPSA) is 51.8 Å². The van der Waals surface area contributed by atoms with Crippen molar-refractivity contribution in [2.45, 2.75) is 13.8 Å². The molecule has 3 aromatic rings. The largest absolute Gasteiger partial charge is 0.443 e. The van der Waals surface area contributed by atoms with Crippen molar-refractivity contribution in [1.29, 1.82) is 0 Å². The van der Waals surface area contributed by atoms with Crippen molar-refractivity contribution in [3.05, 3.63) is 55.2 Å². The first-order valence-corrected chi connectivity index (χ1v) is 5.47. The van der Waals surface area contributed by atoms with Gasteiger partial charge in [0.1, 0.15) is 5.52 Å². The van der Waals surface area contributed by atoms with Crippen LogP contribution in [0.1, 0.15) is 13.8 Å². The van der Waals surface area contributed by atoms with Crippen LogP contribution < -0.4 is 0 Å². The molecule has 2 heterocycles. The molecule has 0 fully saturated rings. The standard InChI is InChI=1S/C7H5NO.C4H4N2.C2H6/c1-2-4-7-6(3-1)8-5-9-7;1-2-4-6-5-3-1;1-2/h1-5H;1-4H;1-2H3. The number of hydrogen-bond donors (Lipinski definition) is 0. The summed E-state index contributed by atoms with van der Waals surface area (Å²) in [4.78, 5) is 3.95. The van der Waals surface area contributed by atoms with Crippen LogP contribution in [-0.4, -0.2) is 15.2 Å². The minimum absolute atomic E-state index is 0.845. The molecule has 4 nitrogen and oxygen atoms in total. The molecule has 0 bridgehead atoms. The summed E-state index contributed by atoms with van der Waals surface area (Å²) >= 11 is 0. The van der Waals surface area contributed by atoms with E-state index in [4.69, 9.17) is 4.42 Å². The minimum atomic E-state index is 0.845. The van der Waals surface area contributed by atoms with Gasteiger partial charge in [-0.1, -0.05) is 26.0 Å². The molecule has 2 aromatic heterocycles. The predicted octanol–water partition coefficient (Wildman–Crippen LogP) is 3.33. The first-order valence-electron chi connectivity index (χ1n) is 5.47. The number of rotatable bonds is 0. The predicted molar refractivity (Wildman–Crippen MR) is 67.4 cm³/mol. The van der Waals surface area contributed by atoms with Crippen LogP contribution in [0.4, 0.5) is 0 Å². The third-order valence-corrected chi connectivity index (χ3v) is 1.72. The summed E-state index contributed by atoms with van der Waals surface area (Å²) in [6.07, 6.45) is 4.73. The molecule has 0 atom stereocenters. The average Bonchev–Trinajstić information content (AvgIpc) is 2.92. The van der Waals surface area contributed by atoms with Gasteiger partial charge in [0.05, 0.1) is 0 Å². The summed E-state index contributed by atoms with van der Waals surface area (Å²) in [6, 6.07) is 11.3. The van der Waals surface area contributed by atoms with E-state index in [-0.39, 0.29) is 0 Å². The van der Waals surface area contributed by atoms with Crippen molar-refractivity contribution in [2.24, 2.45) is 0 Å². The number of benzene rings is 1. The van der Waals surface area contributed by atoms with E-state index >= 15 is 0 Å². The van der Waals surface area contributed by atoms with E-state index < -0.39 is 0 Å². The summed E-state index contributed by atoms with van der Waals surface area (Å²) in [5.74, 6) is 0. The lowest BCUT2D eigenvalue weighted by Crippen LogP contribution is -1.69. The molecule has 0 amide bonds. The van der Waals surface area contributed by atoms with Gasteiger partial charge in [-0.2, -0.15) is 10.2 Å². The van der Waals surface area contributed by atoms with Gasteiger partial charge in [-0.25, -0.2) is 4.98 Å². The third-order valence-electron chi connectivity index (χ3n) is 1.72. The lowest BCUT2D eigenvalue weighted by Gasteiger charge is -1.79. The van der Waals surface area contributed by atoms with Crippen molar-refractivity contribution in [3.63, 3.8) is 0 Å². The molecule has 0 saturated heterocycles. The zero-order valence-corrected chi connectivity index (χ0v) is 9.95. The molecule has 1 aromatic carbocycles. The normalized spacial score (nSPS) is 8.59. The first kappa shape index (κ1) is 12.8. The molecule has 88 valence electrons. The van der Waals surface area contributed by atoms with Gasteiger partial charge in [-0.05, 0) is 24.3 Å². The number of oxazole rings is 1. The van der Waals surface area contributed by atoms with Gasteiger partial charge >= 0.3 is 0 Å². The maximum absolute atomic E-state index is 5.01. The summed E-state index contributed by atoms with van der Waals surface area (Å²) in [5.41, 5.74) is 1.76. The van der Waals surface area contributed by atoms with Crippen molar-refractivity contribution >= 4 is 11.1 Å². The number of hydrogen-bond acceptors (Lipinski definition) is 4. The maximum atomic E-state index is 5.01. The molecule has 0 unspecified atom stereocenters. The Hall–Kier alpha value is -2.23. The Morgan fingerprint density at radius 2 is 1.53 bits per heavy atom. The van der Waals surface area contributed by atoms with Gasteiger partial charge in [0, 0.05) is 12.4 Å². The molecule has 0 aliphatic heterocycles. The fourth-order valence-corrected chi connectivity index (χ4v) is 1.06. The van der Waals surface area contributed by atoms with E-state index in [1.54, 1.807) is 12.4 Å². The molecule has 0 radical (unpaired) electrons. The summed E-state index contributed by atoms with van der Waals surface area (Å²) < 4.78 is 5.01. The second-order valence-electron chi connectivity index (χ2n) is 2.73. The van der Waals surface area contributed by atoms with Crippen LogP contribution in [0.3, 0.4) is 0 Å². The van der Waals surface area contributed by atoms with Crippen molar-refractivity contribution < 1.29 is 4.42 Å². The van der Waals surface area contributed by atoms with Gasteiger partial charge < -0.3 is 4.42 Å². The highest BCUT2D eigenvalue weighted by Crippen LogP contribution is 2.09. The van der Waals surface area contributed by atoms with Crippen molar-refractivity contribution in [3.8, 4) is 0 Å². The lowest BCUT2D eigenvalue weighted by atomic mass is 10.3. The van der Waals surface area contributed by atoms with Crippen LogP contribution >= 0.6 is 0 Å². The van der Waals surface area contributed by atoms with Gasteiger partial charge in [0.25, 0.3) is 0 Å². The van der Waals surface area contributed by atoms with Gasteiger partial charge in [-0.15, -0.1) is 0 Å². The second-order valence-corrected chi connectivity index (χ2v) is 2.73. The van der Waals surface area contributed by atoms with Gasteiger partial charge in [-0.3, -0.25) is 0 Å².